The third-order valence-electron chi connectivity index (χ3n) is 2.75. The summed E-state index contributed by atoms with van der Waals surface area (Å²) in [6.45, 7) is 0.0389. The van der Waals surface area contributed by atoms with Gasteiger partial charge in [-0.05, 0) is 36.4 Å². The number of hydrazine groups is 1. The van der Waals surface area contributed by atoms with Crippen molar-refractivity contribution in [3.63, 3.8) is 0 Å². The molecule has 3 N–H and O–H groups in total. The molecule has 1 atom stereocenters. The van der Waals surface area contributed by atoms with Gasteiger partial charge in [0.15, 0.2) is 0 Å². The van der Waals surface area contributed by atoms with E-state index in [1.807, 2.05) is 0 Å². The van der Waals surface area contributed by atoms with Crippen molar-refractivity contribution in [2.45, 2.75) is 6.04 Å². The fraction of sp³-hybridized carbons (Fsp3) is 0.143. The van der Waals surface area contributed by atoms with Gasteiger partial charge in [0.25, 0.3) is 0 Å². The smallest absolute Gasteiger partial charge is 0.128 e. The van der Waals surface area contributed by atoms with Gasteiger partial charge in [0.1, 0.15) is 24.0 Å². The highest BCUT2D eigenvalue weighted by Crippen LogP contribution is 2.21. The second-order valence-electron chi connectivity index (χ2n) is 4.15. The summed E-state index contributed by atoms with van der Waals surface area (Å²) in [6.07, 6.45) is 0. The molecule has 106 valence electrons. The fourth-order valence-corrected chi connectivity index (χ4v) is 1.93. The zero-order valence-electron chi connectivity index (χ0n) is 10.4. The number of rotatable bonds is 5. The minimum atomic E-state index is -0.676. The van der Waals surface area contributed by atoms with Gasteiger partial charge < -0.3 is 4.74 Å². The lowest BCUT2D eigenvalue weighted by Gasteiger charge is -2.18. The molecule has 0 spiro atoms. The normalized spacial score (nSPS) is 12.2. The van der Waals surface area contributed by atoms with Crippen LogP contribution in [-0.4, -0.2) is 6.61 Å². The van der Waals surface area contributed by atoms with Crippen molar-refractivity contribution in [3.05, 3.63) is 64.7 Å². The van der Waals surface area contributed by atoms with Crippen molar-refractivity contribution < 1.29 is 13.5 Å². The molecule has 2 aromatic carbocycles. The molecule has 0 bridgehead atoms. The molecule has 0 aliphatic rings. The topological polar surface area (TPSA) is 47.3 Å². The molecule has 0 radical (unpaired) electrons. The molecule has 0 saturated heterocycles. The number of benzene rings is 2. The van der Waals surface area contributed by atoms with Crippen LogP contribution in [0.3, 0.4) is 0 Å². The number of halogens is 3. The third kappa shape index (κ3) is 3.66. The molecule has 1 unspecified atom stereocenters. The van der Waals surface area contributed by atoms with Crippen molar-refractivity contribution in [1.82, 2.24) is 5.43 Å². The highest BCUT2D eigenvalue weighted by molar-refractivity contribution is 6.30. The van der Waals surface area contributed by atoms with Crippen LogP contribution in [0.2, 0.25) is 5.02 Å². The Kier molecular flexibility index (Phi) is 4.89. The van der Waals surface area contributed by atoms with E-state index in [1.54, 1.807) is 24.3 Å². The molecule has 20 heavy (non-hydrogen) atoms. The quantitative estimate of drug-likeness (QED) is 0.658. The van der Waals surface area contributed by atoms with Gasteiger partial charge >= 0.3 is 0 Å². The minimum absolute atomic E-state index is 0.0389. The Labute approximate surface area is 120 Å². The molecular weight excluding hydrogens is 286 g/mol. The van der Waals surface area contributed by atoms with Gasteiger partial charge in [0.05, 0.1) is 6.04 Å². The van der Waals surface area contributed by atoms with Crippen molar-refractivity contribution in [1.29, 1.82) is 0 Å². The van der Waals surface area contributed by atoms with E-state index in [-0.39, 0.29) is 12.2 Å². The molecule has 0 aromatic heterocycles. The van der Waals surface area contributed by atoms with E-state index in [2.05, 4.69) is 5.43 Å². The van der Waals surface area contributed by atoms with Gasteiger partial charge in [-0.25, -0.2) is 14.2 Å². The lowest BCUT2D eigenvalue weighted by molar-refractivity contribution is 0.264. The Bertz CT molecular complexity index is 595. The predicted octanol–water partition coefficient (Wildman–Crippen LogP) is 3.20. The average molecular weight is 299 g/mol. The molecule has 0 aliphatic heterocycles. The van der Waals surface area contributed by atoms with Crippen LogP contribution in [0.4, 0.5) is 8.78 Å². The van der Waals surface area contributed by atoms with Gasteiger partial charge in [0, 0.05) is 10.6 Å². The molecule has 2 aromatic rings. The molecule has 3 nitrogen and oxygen atoms in total. The van der Waals surface area contributed by atoms with Crippen molar-refractivity contribution in [3.8, 4) is 5.75 Å². The summed E-state index contributed by atoms with van der Waals surface area (Å²) < 4.78 is 32.3. The predicted molar refractivity (Wildman–Crippen MR) is 73.4 cm³/mol. The zero-order valence-corrected chi connectivity index (χ0v) is 11.2. The summed E-state index contributed by atoms with van der Waals surface area (Å²) in [6, 6.07) is 9.27. The number of nitrogens with two attached hydrogens (primary N) is 1. The maximum absolute atomic E-state index is 13.7. The van der Waals surface area contributed by atoms with Crippen LogP contribution < -0.4 is 16.0 Å². The second kappa shape index (κ2) is 6.65. The number of hydrogen-bond donors (Lipinski definition) is 2. The van der Waals surface area contributed by atoms with Crippen LogP contribution in [0.1, 0.15) is 11.6 Å². The Morgan fingerprint density at radius 2 is 2.00 bits per heavy atom. The summed E-state index contributed by atoms with van der Waals surface area (Å²) >= 11 is 5.83. The van der Waals surface area contributed by atoms with Gasteiger partial charge in [-0.1, -0.05) is 17.7 Å². The van der Waals surface area contributed by atoms with E-state index < -0.39 is 17.7 Å². The van der Waals surface area contributed by atoms with Crippen LogP contribution in [0, 0.1) is 11.6 Å². The number of hydrogen-bond acceptors (Lipinski definition) is 3. The monoisotopic (exact) mass is 298 g/mol. The summed E-state index contributed by atoms with van der Waals surface area (Å²) in [5.74, 6) is 4.81. The van der Waals surface area contributed by atoms with Gasteiger partial charge in [-0.2, -0.15) is 0 Å². The largest absolute Gasteiger partial charge is 0.491 e. The maximum atomic E-state index is 13.7. The first kappa shape index (κ1) is 14.7. The lowest BCUT2D eigenvalue weighted by atomic mass is 10.1. The Balaban J connectivity index is 2.11. The van der Waals surface area contributed by atoms with Crippen molar-refractivity contribution in [2.24, 2.45) is 5.84 Å². The summed E-state index contributed by atoms with van der Waals surface area (Å²) in [5.41, 5.74) is 2.51. The lowest BCUT2D eigenvalue weighted by Crippen LogP contribution is -2.33. The first-order chi connectivity index (χ1) is 9.60. The molecule has 0 heterocycles. The number of ether oxygens (including phenoxy) is 1. The first-order valence-corrected chi connectivity index (χ1v) is 6.27. The van der Waals surface area contributed by atoms with E-state index in [0.29, 0.717) is 10.8 Å². The van der Waals surface area contributed by atoms with E-state index in [4.69, 9.17) is 22.2 Å². The average Bonchev–Trinajstić information content (AvgIpc) is 2.43. The SMILES string of the molecule is NNC(COc1cccc(Cl)c1)c1cc(F)ccc1F. The highest BCUT2D eigenvalue weighted by Gasteiger charge is 2.16. The van der Waals surface area contributed by atoms with Gasteiger partial charge in [-0.3, -0.25) is 5.84 Å². The molecular formula is C14H13ClF2N2O. The summed E-state index contributed by atoms with van der Waals surface area (Å²) in [7, 11) is 0. The van der Waals surface area contributed by atoms with E-state index >= 15 is 0 Å². The maximum Gasteiger partial charge on any atom is 0.128 e. The van der Waals surface area contributed by atoms with E-state index in [0.717, 1.165) is 18.2 Å². The number of nitrogens with one attached hydrogen (secondary N) is 1. The van der Waals surface area contributed by atoms with Crippen molar-refractivity contribution in [2.75, 3.05) is 6.61 Å². The summed E-state index contributed by atoms with van der Waals surface area (Å²) in [4.78, 5) is 0. The molecule has 0 saturated carbocycles. The van der Waals surface area contributed by atoms with Crippen LogP contribution in [0.15, 0.2) is 42.5 Å². The molecule has 0 amide bonds. The summed E-state index contributed by atoms with van der Waals surface area (Å²) in [5, 5.41) is 0.525. The van der Waals surface area contributed by atoms with Crippen LogP contribution in [0.5, 0.6) is 5.75 Å². The molecule has 0 aliphatic carbocycles. The second-order valence-corrected chi connectivity index (χ2v) is 4.59. The molecule has 6 heteroatoms. The standard InChI is InChI=1S/C14H13ClF2N2O/c15-9-2-1-3-11(6-9)20-8-14(19-18)12-7-10(16)4-5-13(12)17/h1-7,14,19H,8,18H2. The van der Waals surface area contributed by atoms with Crippen LogP contribution in [-0.2, 0) is 0 Å². The zero-order chi connectivity index (χ0) is 14.5. The molecule has 0 fully saturated rings. The van der Waals surface area contributed by atoms with Crippen molar-refractivity contribution >= 4 is 11.6 Å². The Morgan fingerprint density at radius 1 is 1.20 bits per heavy atom. The minimum Gasteiger partial charge on any atom is -0.491 e. The van der Waals surface area contributed by atoms with Gasteiger partial charge in [0.2, 0.25) is 0 Å². The third-order valence-corrected chi connectivity index (χ3v) is 2.98. The Hall–Kier alpha value is -1.69. The Morgan fingerprint density at radius 3 is 2.70 bits per heavy atom. The van der Waals surface area contributed by atoms with Crippen LogP contribution in [0.25, 0.3) is 0 Å². The van der Waals surface area contributed by atoms with E-state index in [9.17, 15) is 8.78 Å². The van der Waals surface area contributed by atoms with E-state index in [1.165, 1.54) is 0 Å². The highest BCUT2D eigenvalue weighted by atomic mass is 35.5. The van der Waals surface area contributed by atoms with Crippen LogP contribution >= 0.6 is 11.6 Å². The first-order valence-electron chi connectivity index (χ1n) is 5.89. The van der Waals surface area contributed by atoms with Gasteiger partial charge in [-0.15, -0.1) is 0 Å². The fourth-order valence-electron chi connectivity index (χ4n) is 1.75. The molecule has 2 rings (SSSR count).